The highest BCUT2D eigenvalue weighted by molar-refractivity contribution is 5.03. The molecule has 0 aliphatic carbocycles. The molecule has 1 N–H and O–H groups in total. The Morgan fingerprint density at radius 1 is 1.43 bits per heavy atom. The summed E-state index contributed by atoms with van der Waals surface area (Å²) in [4.78, 5) is 10.2. The van der Waals surface area contributed by atoms with Crippen LogP contribution in [-0.2, 0) is 6.54 Å². The predicted molar refractivity (Wildman–Crippen MR) is 52.5 cm³/mol. The molecule has 4 heteroatoms. The third-order valence-corrected chi connectivity index (χ3v) is 2.71. The summed E-state index contributed by atoms with van der Waals surface area (Å²) in [5.74, 6) is 0. The molecule has 0 aromatic carbocycles. The normalized spacial score (nSPS) is 22.8. The molecule has 1 atom stereocenters. The summed E-state index contributed by atoms with van der Waals surface area (Å²) < 4.78 is 0. The van der Waals surface area contributed by atoms with Gasteiger partial charge >= 0.3 is 0 Å². The number of likely N-dealkylation sites (tertiary alicyclic amines) is 1. The van der Waals surface area contributed by atoms with Crippen molar-refractivity contribution in [1.29, 1.82) is 0 Å². The van der Waals surface area contributed by atoms with Gasteiger partial charge in [-0.15, -0.1) is 0 Å². The fourth-order valence-corrected chi connectivity index (χ4v) is 1.96. The number of nitrogens with zero attached hydrogens (tertiary/aromatic N) is 3. The Kier molecular flexibility index (Phi) is 3.06. The molecule has 1 aliphatic heterocycles. The monoisotopic (exact) mass is 193 g/mol. The molecule has 2 rings (SSSR count). The van der Waals surface area contributed by atoms with Gasteiger partial charge in [-0.05, 0) is 19.4 Å². The van der Waals surface area contributed by atoms with E-state index in [0.717, 1.165) is 25.1 Å². The predicted octanol–water partition coefficient (Wildman–Crippen LogP) is 0.433. The fraction of sp³-hybridized carbons (Fsp3) is 0.600. The third kappa shape index (κ3) is 2.08. The van der Waals surface area contributed by atoms with Crippen molar-refractivity contribution in [3.05, 3.63) is 24.3 Å². The summed E-state index contributed by atoms with van der Waals surface area (Å²) in [5, 5.41) is 9.14. The first kappa shape index (κ1) is 9.55. The van der Waals surface area contributed by atoms with Crippen molar-refractivity contribution in [1.82, 2.24) is 14.9 Å². The van der Waals surface area contributed by atoms with E-state index in [1.54, 1.807) is 0 Å². The Hall–Kier alpha value is -1.00. The zero-order valence-electron chi connectivity index (χ0n) is 8.13. The van der Waals surface area contributed by atoms with E-state index in [1.807, 2.05) is 12.4 Å². The second kappa shape index (κ2) is 4.48. The smallest absolute Gasteiger partial charge is 0.115 e. The van der Waals surface area contributed by atoms with Gasteiger partial charge in [-0.1, -0.05) is 0 Å². The highest BCUT2D eigenvalue weighted by Gasteiger charge is 2.23. The average Bonchev–Trinajstić information content (AvgIpc) is 2.67. The number of hydrogen-bond donors (Lipinski definition) is 1. The number of aliphatic hydroxyl groups is 1. The van der Waals surface area contributed by atoms with Crippen molar-refractivity contribution < 1.29 is 5.11 Å². The van der Waals surface area contributed by atoms with Crippen LogP contribution in [0, 0.1) is 0 Å². The van der Waals surface area contributed by atoms with Crippen molar-refractivity contribution in [2.45, 2.75) is 25.4 Å². The lowest BCUT2D eigenvalue weighted by Gasteiger charge is -2.21. The van der Waals surface area contributed by atoms with E-state index < -0.39 is 0 Å². The fourth-order valence-electron chi connectivity index (χ4n) is 1.96. The molecule has 0 radical (unpaired) electrons. The van der Waals surface area contributed by atoms with E-state index in [0.29, 0.717) is 6.04 Å². The van der Waals surface area contributed by atoms with Crippen LogP contribution in [0.15, 0.2) is 18.7 Å². The molecular formula is C10H15N3O. The molecule has 1 aromatic heterocycles. The summed E-state index contributed by atoms with van der Waals surface area (Å²) in [6, 6.07) is 0.329. The maximum atomic E-state index is 9.14. The largest absolute Gasteiger partial charge is 0.395 e. The van der Waals surface area contributed by atoms with Crippen molar-refractivity contribution >= 4 is 0 Å². The van der Waals surface area contributed by atoms with Crippen LogP contribution in [0.1, 0.15) is 18.4 Å². The molecule has 2 heterocycles. The summed E-state index contributed by atoms with van der Waals surface area (Å²) in [6.07, 6.45) is 7.49. The summed E-state index contributed by atoms with van der Waals surface area (Å²) in [5.41, 5.74) is 1.12. The summed E-state index contributed by atoms with van der Waals surface area (Å²) in [6.45, 7) is 2.18. The van der Waals surface area contributed by atoms with Gasteiger partial charge in [0.1, 0.15) is 6.33 Å². The van der Waals surface area contributed by atoms with Crippen LogP contribution in [0.5, 0.6) is 0 Å². The molecule has 0 saturated carbocycles. The van der Waals surface area contributed by atoms with Crippen LogP contribution >= 0.6 is 0 Å². The van der Waals surface area contributed by atoms with Crippen LogP contribution in [0.25, 0.3) is 0 Å². The second-order valence-electron chi connectivity index (χ2n) is 3.70. The minimum Gasteiger partial charge on any atom is -0.395 e. The van der Waals surface area contributed by atoms with E-state index in [1.165, 1.54) is 12.7 Å². The van der Waals surface area contributed by atoms with E-state index in [-0.39, 0.29) is 6.61 Å². The zero-order valence-corrected chi connectivity index (χ0v) is 8.13. The number of rotatable bonds is 3. The van der Waals surface area contributed by atoms with Gasteiger partial charge in [-0.3, -0.25) is 4.90 Å². The highest BCUT2D eigenvalue weighted by atomic mass is 16.3. The number of aliphatic hydroxyl groups excluding tert-OH is 1. The van der Waals surface area contributed by atoms with Gasteiger partial charge in [0, 0.05) is 30.5 Å². The lowest BCUT2D eigenvalue weighted by atomic mass is 10.2. The second-order valence-corrected chi connectivity index (χ2v) is 3.70. The van der Waals surface area contributed by atoms with Crippen LogP contribution in [0.2, 0.25) is 0 Å². The minimum absolute atomic E-state index is 0.258. The van der Waals surface area contributed by atoms with Gasteiger partial charge < -0.3 is 5.11 Å². The standard InChI is InChI=1S/C10H15N3O/c14-7-10-2-1-3-13(10)6-9-4-11-8-12-5-9/h4-5,8,10,14H,1-3,6-7H2. The quantitative estimate of drug-likeness (QED) is 0.756. The number of aromatic nitrogens is 2. The van der Waals surface area contributed by atoms with E-state index in [4.69, 9.17) is 5.11 Å². The van der Waals surface area contributed by atoms with Crippen LogP contribution in [0.3, 0.4) is 0 Å². The Morgan fingerprint density at radius 3 is 2.93 bits per heavy atom. The Labute approximate surface area is 83.6 Å². The molecular weight excluding hydrogens is 178 g/mol. The molecule has 76 valence electrons. The van der Waals surface area contributed by atoms with Crippen molar-refractivity contribution in [3.8, 4) is 0 Å². The average molecular weight is 193 g/mol. The number of hydrogen-bond acceptors (Lipinski definition) is 4. The third-order valence-electron chi connectivity index (χ3n) is 2.71. The van der Waals surface area contributed by atoms with E-state index in [2.05, 4.69) is 14.9 Å². The molecule has 4 nitrogen and oxygen atoms in total. The maximum Gasteiger partial charge on any atom is 0.115 e. The van der Waals surface area contributed by atoms with Gasteiger partial charge in [-0.25, -0.2) is 9.97 Å². The molecule has 0 bridgehead atoms. The lowest BCUT2D eigenvalue weighted by molar-refractivity contribution is 0.153. The molecule has 1 aliphatic rings. The SMILES string of the molecule is OCC1CCCN1Cc1cncnc1. The van der Waals surface area contributed by atoms with Crippen LogP contribution in [-0.4, -0.2) is 39.2 Å². The van der Waals surface area contributed by atoms with Crippen molar-refractivity contribution in [2.75, 3.05) is 13.2 Å². The van der Waals surface area contributed by atoms with Gasteiger partial charge in [-0.2, -0.15) is 0 Å². The van der Waals surface area contributed by atoms with E-state index >= 15 is 0 Å². The zero-order chi connectivity index (χ0) is 9.80. The van der Waals surface area contributed by atoms with Gasteiger partial charge in [0.05, 0.1) is 6.61 Å². The summed E-state index contributed by atoms with van der Waals surface area (Å²) >= 11 is 0. The van der Waals surface area contributed by atoms with Gasteiger partial charge in [0.2, 0.25) is 0 Å². The molecule has 0 amide bonds. The Balaban J connectivity index is 1.97. The Bertz CT molecular complexity index is 278. The Morgan fingerprint density at radius 2 is 2.21 bits per heavy atom. The molecule has 1 saturated heterocycles. The first-order valence-electron chi connectivity index (χ1n) is 4.99. The lowest BCUT2D eigenvalue weighted by Crippen LogP contribution is -2.31. The molecule has 1 fully saturated rings. The molecule has 1 aromatic rings. The molecule has 1 unspecified atom stereocenters. The van der Waals surface area contributed by atoms with Crippen molar-refractivity contribution in [2.24, 2.45) is 0 Å². The van der Waals surface area contributed by atoms with E-state index in [9.17, 15) is 0 Å². The molecule has 14 heavy (non-hydrogen) atoms. The highest BCUT2D eigenvalue weighted by Crippen LogP contribution is 2.18. The summed E-state index contributed by atoms with van der Waals surface area (Å²) in [7, 11) is 0. The van der Waals surface area contributed by atoms with Crippen molar-refractivity contribution in [3.63, 3.8) is 0 Å². The first-order chi connectivity index (χ1) is 6.90. The molecule has 0 spiro atoms. The minimum atomic E-state index is 0.258. The van der Waals surface area contributed by atoms with Crippen LogP contribution in [0.4, 0.5) is 0 Å². The van der Waals surface area contributed by atoms with Gasteiger partial charge in [0.15, 0.2) is 0 Å². The van der Waals surface area contributed by atoms with Crippen LogP contribution < -0.4 is 0 Å². The topological polar surface area (TPSA) is 49.2 Å². The first-order valence-corrected chi connectivity index (χ1v) is 4.99. The van der Waals surface area contributed by atoms with Gasteiger partial charge in [0.25, 0.3) is 0 Å². The maximum absolute atomic E-state index is 9.14.